The molecule has 2 atom stereocenters. The SMILES string of the molecule is CC.NCC1CCC(n2ccc(=O)[nH]c2=O)O1. The highest BCUT2D eigenvalue weighted by Crippen LogP contribution is 2.25. The van der Waals surface area contributed by atoms with Gasteiger partial charge in [0.05, 0.1) is 6.10 Å². The monoisotopic (exact) mass is 241 g/mol. The number of rotatable bonds is 2. The van der Waals surface area contributed by atoms with Crippen molar-refractivity contribution in [2.24, 2.45) is 5.73 Å². The van der Waals surface area contributed by atoms with E-state index >= 15 is 0 Å². The van der Waals surface area contributed by atoms with Crippen LogP contribution >= 0.6 is 0 Å². The Morgan fingerprint density at radius 2 is 2.18 bits per heavy atom. The maximum absolute atomic E-state index is 11.4. The maximum atomic E-state index is 11.4. The number of ether oxygens (including phenoxy) is 1. The molecule has 0 spiro atoms. The Kier molecular flexibility index (Phi) is 5.11. The van der Waals surface area contributed by atoms with Crippen LogP contribution in [0.1, 0.15) is 32.9 Å². The molecule has 3 N–H and O–H groups in total. The quantitative estimate of drug-likeness (QED) is 0.774. The van der Waals surface area contributed by atoms with Crippen LogP contribution in [0.3, 0.4) is 0 Å². The van der Waals surface area contributed by atoms with Gasteiger partial charge in [-0.2, -0.15) is 0 Å². The minimum Gasteiger partial charge on any atom is -0.353 e. The third-order valence-electron chi connectivity index (χ3n) is 2.51. The number of nitrogens with one attached hydrogen (secondary N) is 1. The molecule has 1 fully saturated rings. The predicted molar refractivity (Wildman–Crippen MR) is 64.9 cm³/mol. The molecule has 0 aromatic carbocycles. The van der Waals surface area contributed by atoms with E-state index in [1.807, 2.05) is 13.8 Å². The predicted octanol–water partition coefficient (Wildman–Crippen LogP) is 0.199. The van der Waals surface area contributed by atoms with Crippen molar-refractivity contribution in [2.45, 2.75) is 39.0 Å². The van der Waals surface area contributed by atoms with Gasteiger partial charge in [0.2, 0.25) is 0 Å². The molecule has 1 saturated heterocycles. The van der Waals surface area contributed by atoms with Crippen LogP contribution in [0.25, 0.3) is 0 Å². The Bertz CT molecular complexity index is 452. The van der Waals surface area contributed by atoms with E-state index in [0.29, 0.717) is 6.54 Å². The van der Waals surface area contributed by atoms with Crippen LogP contribution in [0, 0.1) is 0 Å². The summed E-state index contributed by atoms with van der Waals surface area (Å²) in [5, 5.41) is 0. The van der Waals surface area contributed by atoms with Crippen LogP contribution in [0.2, 0.25) is 0 Å². The van der Waals surface area contributed by atoms with Crippen LogP contribution < -0.4 is 17.0 Å². The van der Waals surface area contributed by atoms with Crippen LogP contribution in [0.5, 0.6) is 0 Å². The van der Waals surface area contributed by atoms with Gasteiger partial charge in [-0.05, 0) is 12.8 Å². The van der Waals surface area contributed by atoms with Gasteiger partial charge < -0.3 is 10.5 Å². The molecule has 6 nitrogen and oxygen atoms in total. The number of hydrogen-bond donors (Lipinski definition) is 2. The second-order valence-corrected chi connectivity index (χ2v) is 3.54. The summed E-state index contributed by atoms with van der Waals surface area (Å²) in [5.74, 6) is 0. The van der Waals surface area contributed by atoms with Crippen LogP contribution in [0.4, 0.5) is 0 Å². The lowest BCUT2D eigenvalue weighted by Crippen LogP contribution is -2.32. The van der Waals surface area contributed by atoms with Crippen molar-refractivity contribution >= 4 is 0 Å². The number of nitrogens with two attached hydrogens (primary N) is 1. The van der Waals surface area contributed by atoms with Crippen molar-refractivity contribution in [3.05, 3.63) is 33.1 Å². The zero-order chi connectivity index (χ0) is 12.8. The summed E-state index contributed by atoms with van der Waals surface area (Å²) in [7, 11) is 0. The minimum absolute atomic E-state index is 0.00817. The average Bonchev–Trinajstić information content (AvgIpc) is 2.80. The van der Waals surface area contributed by atoms with Gasteiger partial charge in [0.1, 0.15) is 6.23 Å². The first kappa shape index (κ1) is 13.7. The Morgan fingerprint density at radius 3 is 2.71 bits per heavy atom. The minimum atomic E-state index is -0.440. The lowest BCUT2D eigenvalue weighted by molar-refractivity contribution is 0.00360. The van der Waals surface area contributed by atoms with Gasteiger partial charge in [-0.15, -0.1) is 0 Å². The third kappa shape index (κ3) is 3.28. The number of aromatic nitrogens is 2. The van der Waals surface area contributed by atoms with Gasteiger partial charge in [-0.1, -0.05) is 13.8 Å². The fourth-order valence-electron chi connectivity index (χ4n) is 1.72. The molecular formula is C11H19N3O3. The summed E-state index contributed by atoms with van der Waals surface area (Å²) in [5.41, 5.74) is 4.63. The highest BCUT2D eigenvalue weighted by atomic mass is 16.5. The topological polar surface area (TPSA) is 90.1 Å². The molecule has 1 aliphatic heterocycles. The van der Waals surface area contributed by atoms with Crippen molar-refractivity contribution in [3.63, 3.8) is 0 Å². The van der Waals surface area contributed by atoms with Gasteiger partial charge in [0.25, 0.3) is 5.56 Å². The van der Waals surface area contributed by atoms with Gasteiger partial charge in [0, 0.05) is 18.8 Å². The van der Waals surface area contributed by atoms with E-state index in [1.54, 1.807) is 0 Å². The summed E-state index contributed by atoms with van der Waals surface area (Å²) in [6.45, 7) is 4.45. The molecule has 96 valence electrons. The van der Waals surface area contributed by atoms with Gasteiger partial charge in [-0.25, -0.2) is 4.79 Å². The first-order chi connectivity index (χ1) is 8.20. The Balaban J connectivity index is 0.000000686. The van der Waals surface area contributed by atoms with Gasteiger partial charge >= 0.3 is 5.69 Å². The zero-order valence-corrected chi connectivity index (χ0v) is 10.2. The normalized spacial score (nSPS) is 23.0. The fourth-order valence-corrected chi connectivity index (χ4v) is 1.72. The number of hydrogen-bond acceptors (Lipinski definition) is 4. The molecule has 1 aromatic heterocycles. The molecule has 0 saturated carbocycles. The van der Waals surface area contributed by atoms with E-state index in [4.69, 9.17) is 10.5 Å². The van der Waals surface area contributed by atoms with Crippen molar-refractivity contribution in [2.75, 3.05) is 6.54 Å². The van der Waals surface area contributed by atoms with Gasteiger partial charge in [0.15, 0.2) is 0 Å². The molecular weight excluding hydrogens is 222 g/mol. The molecule has 0 bridgehead atoms. The molecule has 2 rings (SSSR count). The average molecular weight is 241 g/mol. The van der Waals surface area contributed by atoms with E-state index in [9.17, 15) is 9.59 Å². The summed E-state index contributed by atoms with van der Waals surface area (Å²) < 4.78 is 6.92. The third-order valence-corrected chi connectivity index (χ3v) is 2.51. The second kappa shape index (κ2) is 6.36. The van der Waals surface area contributed by atoms with Crippen LogP contribution in [0.15, 0.2) is 21.9 Å². The molecule has 0 radical (unpaired) electrons. The standard InChI is InChI=1S/C9H13N3O3.C2H6/c10-5-6-1-2-8(15-6)12-4-3-7(13)11-9(12)14;1-2/h3-4,6,8H,1-2,5,10H2,(H,11,13,14);1-2H3. The van der Waals surface area contributed by atoms with Gasteiger partial charge in [-0.3, -0.25) is 14.3 Å². The molecule has 2 unspecified atom stereocenters. The smallest absolute Gasteiger partial charge is 0.330 e. The Morgan fingerprint density at radius 1 is 1.47 bits per heavy atom. The lowest BCUT2D eigenvalue weighted by Gasteiger charge is -2.14. The van der Waals surface area contributed by atoms with Crippen molar-refractivity contribution in [1.82, 2.24) is 9.55 Å². The first-order valence-electron chi connectivity index (χ1n) is 5.87. The molecule has 6 heteroatoms. The van der Waals surface area contributed by atoms with Crippen LogP contribution in [-0.4, -0.2) is 22.2 Å². The lowest BCUT2D eigenvalue weighted by atomic mass is 10.2. The van der Waals surface area contributed by atoms with E-state index in [1.165, 1.54) is 16.8 Å². The number of H-pyrrole nitrogens is 1. The molecule has 0 amide bonds. The Hall–Kier alpha value is -1.40. The fraction of sp³-hybridized carbons (Fsp3) is 0.636. The molecule has 1 aliphatic rings. The van der Waals surface area contributed by atoms with E-state index in [-0.39, 0.29) is 12.3 Å². The molecule has 1 aromatic rings. The number of aromatic amines is 1. The van der Waals surface area contributed by atoms with Crippen molar-refractivity contribution in [3.8, 4) is 0 Å². The molecule has 0 aliphatic carbocycles. The number of nitrogens with zero attached hydrogens (tertiary/aromatic N) is 1. The van der Waals surface area contributed by atoms with Crippen molar-refractivity contribution < 1.29 is 4.74 Å². The highest BCUT2D eigenvalue weighted by Gasteiger charge is 2.25. The summed E-state index contributed by atoms with van der Waals surface area (Å²) in [4.78, 5) is 24.5. The molecule has 17 heavy (non-hydrogen) atoms. The largest absolute Gasteiger partial charge is 0.353 e. The van der Waals surface area contributed by atoms with Crippen molar-refractivity contribution in [1.29, 1.82) is 0 Å². The summed E-state index contributed by atoms with van der Waals surface area (Å²) >= 11 is 0. The first-order valence-corrected chi connectivity index (χ1v) is 5.87. The van der Waals surface area contributed by atoms with E-state index in [0.717, 1.165) is 12.8 Å². The maximum Gasteiger partial charge on any atom is 0.330 e. The van der Waals surface area contributed by atoms with Crippen LogP contribution in [-0.2, 0) is 4.74 Å². The van der Waals surface area contributed by atoms with E-state index < -0.39 is 11.2 Å². The highest BCUT2D eigenvalue weighted by molar-refractivity contribution is 4.86. The zero-order valence-electron chi connectivity index (χ0n) is 10.2. The second-order valence-electron chi connectivity index (χ2n) is 3.54. The Labute approximate surface area is 99.4 Å². The summed E-state index contributed by atoms with van der Waals surface area (Å²) in [6.07, 6.45) is 2.74. The summed E-state index contributed by atoms with van der Waals surface area (Å²) in [6, 6.07) is 1.31. The molecule has 2 heterocycles. The van der Waals surface area contributed by atoms with E-state index in [2.05, 4.69) is 4.98 Å².